The largest absolute Gasteiger partial charge is 0.466 e. The van der Waals surface area contributed by atoms with E-state index in [2.05, 4.69) is 0 Å². The summed E-state index contributed by atoms with van der Waals surface area (Å²) in [6.45, 7) is 11.8. The van der Waals surface area contributed by atoms with Crippen molar-refractivity contribution in [2.75, 3.05) is 41.5 Å². The summed E-state index contributed by atoms with van der Waals surface area (Å²) in [7, 11) is 6.38. The van der Waals surface area contributed by atoms with Crippen LogP contribution in [0.25, 0.3) is 0 Å². The van der Waals surface area contributed by atoms with E-state index >= 15 is 0 Å². The lowest BCUT2D eigenvalue weighted by Crippen LogP contribution is -2.63. The van der Waals surface area contributed by atoms with Gasteiger partial charge in [0, 0.05) is 38.9 Å². The minimum Gasteiger partial charge on any atom is -0.466 e. The van der Waals surface area contributed by atoms with E-state index in [1.807, 2.05) is 19.9 Å². The Morgan fingerprint density at radius 1 is 0.895 bits per heavy atom. The van der Waals surface area contributed by atoms with Gasteiger partial charge in [-0.1, -0.05) is 38.5 Å². The van der Waals surface area contributed by atoms with Crippen molar-refractivity contribution in [2.24, 2.45) is 23.7 Å². The smallest absolute Gasteiger partial charge is 0.308 e. The predicted molar refractivity (Wildman–Crippen MR) is 206 cm³/mol. The Balaban J connectivity index is 2.00. The van der Waals surface area contributed by atoms with Crippen molar-refractivity contribution in [3.8, 4) is 0 Å². The number of carbonyl (C=O) groups is 3. The maximum absolute atomic E-state index is 13.7. The molecule has 0 unspecified atom stereocenters. The summed E-state index contributed by atoms with van der Waals surface area (Å²) in [4.78, 5) is 40.8. The maximum Gasteiger partial charge on any atom is 0.308 e. The van der Waals surface area contributed by atoms with Crippen molar-refractivity contribution in [1.29, 1.82) is 0 Å². The van der Waals surface area contributed by atoms with Gasteiger partial charge < -0.3 is 63.2 Å². The van der Waals surface area contributed by atoms with Gasteiger partial charge >= 0.3 is 11.9 Å². The zero-order valence-corrected chi connectivity index (χ0v) is 35.5. The molecule has 17 atom stereocenters. The van der Waals surface area contributed by atoms with E-state index in [9.17, 15) is 34.8 Å². The second-order valence-electron chi connectivity index (χ2n) is 16.1. The molecule has 3 aliphatic heterocycles. The Kier molecular flexibility index (Phi) is 19.7. The van der Waals surface area contributed by atoms with Gasteiger partial charge in [-0.15, -0.1) is 0 Å². The van der Waals surface area contributed by atoms with E-state index in [4.69, 9.17) is 37.9 Å². The maximum atomic E-state index is 13.7. The van der Waals surface area contributed by atoms with Crippen LogP contribution in [0.5, 0.6) is 0 Å². The van der Waals surface area contributed by atoms with Gasteiger partial charge in [0.1, 0.15) is 30.5 Å². The summed E-state index contributed by atoms with van der Waals surface area (Å²) in [6.07, 6.45) is -5.74. The molecule has 0 radical (unpaired) electrons. The Labute approximate surface area is 337 Å². The van der Waals surface area contributed by atoms with Gasteiger partial charge in [0.15, 0.2) is 18.4 Å². The molecule has 0 amide bonds. The van der Waals surface area contributed by atoms with Crippen molar-refractivity contribution >= 4 is 17.7 Å². The highest BCUT2D eigenvalue weighted by molar-refractivity contribution is 5.91. The second-order valence-corrected chi connectivity index (χ2v) is 16.1. The molecule has 2 saturated heterocycles. The normalized spacial score (nSPS) is 41.9. The molecule has 0 bridgehead atoms. The molecule has 16 nitrogen and oxygen atoms in total. The number of allylic oxidation sites excluding steroid dienone is 3. The number of aliphatic hydroxyl groups excluding tert-OH is 4. The third-order valence-corrected chi connectivity index (χ3v) is 11.5. The van der Waals surface area contributed by atoms with Crippen LogP contribution in [-0.2, 0) is 52.3 Å². The number of esters is 2. The van der Waals surface area contributed by atoms with E-state index < -0.39 is 122 Å². The first-order chi connectivity index (χ1) is 26.8. The first kappa shape index (κ1) is 49.0. The highest BCUT2D eigenvalue weighted by Crippen LogP contribution is 2.35. The average molecular weight is 816 g/mol. The van der Waals surface area contributed by atoms with Crippen LogP contribution in [0.2, 0.25) is 0 Å². The highest BCUT2D eigenvalue weighted by Gasteiger charge is 2.48. The molecular formula is C41H69NO15. The highest BCUT2D eigenvalue weighted by atomic mass is 16.7. The zero-order chi connectivity index (χ0) is 42.7. The van der Waals surface area contributed by atoms with E-state index in [-0.39, 0.29) is 31.8 Å². The van der Waals surface area contributed by atoms with Gasteiger partial charge in [0.05, 0.1) is 56.2 Å². The Morgan fingerprint density at radius 3 is 2.12 bits per heavy atom. The third-order valence-electron chi connectivity index (χ3n) is 11.5. The van der Waals surface area contributed by atoms with Crippen molar-refractivity contribution < 1.29 is 72.7 Å². The Bertz CT molecular complexity index is 1340. The fraction of sp³-hybridized carbons (Fsp3) is 0.829. The quantitative estimate of drug-likeness (QED) is 0.208. The molecule has 0 spiro atoms. The monoisotopic (exact) mass is 815 g/mol. The molecule has 16 heteroatoms. The number of nitrogens with zero attached hydrogens (tertiary/aromatic N) is 1. The fourth-order valence-electron chi connectivity index (χ4n) is 8.04. The predicted octanol–water partition coefficient (Wildman–Crippen LogP) is 1.93. The lowest BCUT2D eigenvalue weighted by atomic mass is 9.79. The summed E-state index contributed by atoms with van der Waals surface area (Å²) in [6, 6.07) is -0.744. The number of likely N-dealkylation sites (N-methyl/N-ethyl adjacent to an activating group) is 1. The molecule has 2 fully saturated rings. The molecule has 0 aliphatic carbocycles. The van der Waals surface area contributed by atoms with Crippen LogP contribution >= 0.6 is 0 Å². The van der Waals surface area contributed by atoms with E-state index in [1.54, 1.807) is 52.8 Å². The fourth-order valence-corrected chi connectivity index (χ4v) is 8.04. The van der Waals surface area contributed by atoms with Crippen LogP contribution in [0.1, 0.15) is 74.1 Å². The zero-order valence-electron chi connectivity index (χ0n) is 35.5. The van der Waals surface area contributed by atoms with Gasteiger partial charge in [-0.3, -0.25) is 14.4 Å². The lowest BCUT2D eigenvalue weighted by molar-refractivity contribution is -0.304. The van der Waals surface area contributed by atoms with Crippen molar-refractivity contribution in [3.05, 3.63) is 23.8 Å². The average Bonchev–Trinajstić information content (AvgIpc) is 3.15. The standard InChI is InChI=1S/C41H69NO15/c1-12-31-28(20-53-41-39(51-11)38(50-10)35(48)25(6)55-41)17-21(2)13-14-29(44)22(3)18-27(15-16-52-26(7)43)37(23(4)30(45)19-32(46)56-31)57-40-36(49)33(42(8)9)34(47)24(5)54-40/h13-14,17,22-25,27-28,30-31,33-41,45,47-49H,12,15-16,18-20H2,1-11H3/b14-13+,21-17+/t22-,23+,24-,25-,27+,28-,30-,31-,33+,34-,35-,36-,37-,38-,39-,40+,41-/m1/s1. The molecular weight excluding hydrogens is 746 g/mol. The minimum atomic E-state index is -1.31. The number of aliphatic hydroxyl groups is 4. The van der Waals surface area contributed by atoms with Crippen LogP contribution < -0.4 is 0 Å². The van der Waals surface area contributed by atoms with Crippen LogP contribution in [0.4, 0.5) is 0 Å². The molecule has 0 aromatic carbocycles. The van der Waals surface area contributed by atoms with Gasteiger partial charge in [-0.2, -0.15) is 0 Å². The van der Waals surface area contributed by atoms with Crippen LogP contribution in [0.3, 0.4) is 0 Å². The molecule has 4 N–H and O–H groups in total. The Hall–Kier alpha value is -2.35. The van der Waals surface area contributed by atoms with Gasteiger partial charge in [0.25, 0.3) is 0 Å². The number of ether oxygens (including phenoxy) is 8. The summed E-state index contributed by atoms with van der Waals surface area (Å²) >= 11 is 0. The molecule has 3 heterocycles. The number of hydrogen-bond acceptors (Lipinski definition) is 16. The van der Waals surface area contributed by atoms with E-state index in [0.717, 1.165) is 0 Å². The molecule has 0 aromatic rings. The summed E-state index contributed by atoms with van der Waals surface area (Å²) in [5, 5.41) is 44.6. The number of hydrogen-bond donors (Lipinski definition) is 4. The van der Waals surface area contributed by atoms with Crippen LogP contribution in [-0.4, -0.2) is 164 Å². The third kappa shape index (κ3) is 13.3. The van der Waals surface area contributed by atoms with Gasteiger partial charge in [0.2, 0.25) is 0 Å². The first-order valence-corrected chi connectivity index (χ1v) is 20.1. The topological polar surface area (TPSA) is 209 Å². The molecule has 0 saturated carbocycles. The summed E-state index contributed by atoms with van der Waals surface area (Å²) in [5.41, 5.74) is 0.702. The summed E-state index contributed by atoms with van der Waals surface area (Å²) < 4.78 is 47.2. The van der Waals surface area contributed by atoms with Crippen molar-refractivity contribution in [1.82, 2.24) is 4.90 Å². The second kappa shape index (κ2) is 22.9. The van der Waals surface area contributed by atoms with Crippen molar-refractivity contribution in [2.45, 2.75) is 154 Å². The van der Waals surface area contributed by atoms with Crippen LogP contribution in [0.15, 0.2) is 23.8 Å². The molecule has 3 aliphatic rings. The number of carbonyl (C=O) groups excluding carboxylic acids is 3. The molecule has 328 valence electrons. The van der Waals surface area contributed by atoms with E-state index in [1.165, 1.54) is 27.2 Å². The molecule has 57 heavy (non-hydrogen) atoms. The summed E-state index contributed by atoms with van der Waals surface area (Å²) in [5.74, 6) is -3.74. The minimum absolute atomic E-state index is 0.00286. The Morgan fingerprint density at radius 2 is 1.53 bits per heavy atom. The number of methoxy groups -OCH3 is 2. The van der Waals surface area contributed by atoms with Gasteiger partial charge in [-0.25, -0.2) is 0 Å². The van der Waals surface area contributed by atoms with Crippen LogP contribution in [0, 0.1) is 23.7 Å². The van der Waals surface area contributed by atoms with E-state index in [0.29, 0.717) is 12.0 Å². The van der Waals surface area contributed by atoms with Crippen molar-refractivity contribution in [3.63, 3.8) is 0 Å². The SMILES string of the molecule is CC[C@H]1OC(=O)C[C@@H](O)[C@H](C)[C@@H](O[C@@H]2O[C@H](C)[C@@H](O)[C@H](N(C)C)[C@H]2O)[C@@H](CCOC(C)=O)C[C@@H](C)C(=O)/C=C/C(C)=C/[C@@H]1CO[C@@H]1O[C@H](C)[C@@H](O)[C@@H](OC)[C@H]1OC. The first-order valence-electron chi connectivity index (χ1n) is 20.1. The number of rotatable bonds is 12. The molecule has 0 aromatic heterocycles. The number of cyclic esters (lactones) is 1. The lowest BCUT2D eigenvalue weighted by Gasteiger charge is -2.46. The number of ketones is 1. The van der Waals surface area contributed by atoms with Gasteiger partial charge in [-0.05, 0) is 66.1 Å². The molecule has 3 rings (SSSR count).